The van der Waals surface area contributed by atoms with E-state index >= 15 is 0 Å². The average molecular weight is 340 g/mol. The molecule has 1 heterocycles. The summed E-state index contributed by atoms with van der Waals surface area (Å²) in [4.78, 5) is 12.2. The van der Waals surface area contributed by atoms with Gasteiger partial charge < -0.3 is 10.1 Å². The van der Waals surface area contributed by atoms with Crippen molar-refractivity contribution in [2.75, 3.05) is 19.7 Å². The van der Waals surface area contributed by atoms with Crippen molar-refractivity contribution >= 4 is 15.9 Å². The number of rotatable bonds is 6. The number of nitrogens with one attached hydrogen (secondary N) is 1. The van der Waals surface area contributed by atoms with E-state index in [0.29, 0.717) is 31.0 Å². The summed E-state index contributed by atoms with van der Waals surface area (Å²) in [5.74, 6) is 0.00131. The van der Waals surface area contributed by atoms with Gasteiger partial charge in [-0.25, -0.2) is 8.42 Å². The molecule has 1 amide bonds. The summed E-state index contributed by atoms with van der Waals surface area (Å²) in [7, 11) is -3.65. The first-order valence-corrected chi connectivity index (χ1v) is 9.38. The minimum Gasteiger partial charge on any atom is -0.492 e. The van der Waals surface area contributed by atoms with Crippen LogP contribution < -0.4 is 10.1 Å². The average Bonchev–Trinajstić information content (AvgIpc) is 3.02. The molecule has 1 aromatic carbocycles. The molecule has 0 spiro atoms. The summed E-state index contributed by atoms with van der Waals surface area (Å²) < 4.78 is 32.6. The Bertz CT molecular complexity index is 665. The lowest BCUT2D eigenvalue weighted by Gasteiger charge is -2.19. The second kappa shape index (κ2) is 7.31. The first-order chi connectivity index (χ1) is 10.9. The highest BCUT2D eigenvalue weighted by Crippen LogP contribution is 2.30. The van der Waals surface area contributed by atoms with Gasteiger partial charge in [-0.15, -0.1) is 0 Å². The highest BCUT2D eigenvalue weighted by atomic mass is 32.2. The lowest BCUT2D eigenvalue weighted by molar-refractivity contribution is 0.0943. The zero-order valence-electron chi connectivity index (χ0n) is 13.8. The number of carbonyl (C=O) groups excluding carboxylic acids is 1. The van der Waals surface area contributed by atoms with E-state index in [9.17, 15) is 13.2 Å². The van der Waals surface area contributed by atoms with E-state index in [1.54, 1.807) is 19.1 Å². The Kier molecular flexibility index (Phi) is 5.64. The molecule has 0 aromatic heterocycles. The van der Waals surface area contributed by atoms with E-state index in [0.717, 1.165) is 12.8 Å². The third-order valence-corrected chi connectivity index (χ3v) is 5.53. The molecule has 128 valence electrons. The molecule has 0 radical (unpaired) electrons. The van der Waals surface area contributed by atoms with Crippen molar-refractivity contribution < 1.29 is 17.9 Å². The van der Waals surface area contributed by atoms with Crippen molar-refractivity contribution in [2.45, 2.75) is 44.6 Å². The Morgan fingerprint density at radius 3 is 2.52 bits per heavy atom. The molecule has 2 rings (SSSR count). The molecule has 6 nitrogen and oxygen atoms in total. The third kappa shape index (κ3) is 4.03. The molecule has 1 N–H and O–H groups in total. The summed E-state index contributed by atoms with van der Waals surface area (Å²) in [6, 6.07) is 4.54. The molecule has 1 saturated heterocycles. The first-order valence-electron chi connectivity index (χ1n) is 7.94. The molecule has 1 fully saturated rings. The molecular weight excluding hydrogens is 316 g/mol. The lowest BCUT2D eigenvalue weighted by atomic mass is 10.2. The number of hydrogen-bond acceptors (Lipinski definition) is 4. The van der Waals surface area contributed by atoms with Gasteiger partial charge in [0.1, 0.15) is 10.6 Å². The van der Waals surface area contributed by atoms with Crippen LogP contribution in [0.4, 0.5) is 0 Å². The molecule has 23 heavy (non-hydrogen) atoms. The van der Waals surface area contributed by atoms with E-state index in [4.69, 9.17) is 4.74 Å². The maximum Gasteiger partial charge on any atom is 0.251 e. The fourth-order valence-corrected chi connectivity index (χ4v) is 4.21. The number of nitrogens with zero attached hydrogens (tertiary/aromatic N) is 1. The minimum atomic E-state index is -3.65. The van der Waals surface area contributed by atoms with Gasteiger partial charge in [0, 0.05) is 24.7 Å². The summed E-state index contributed by atoms with van der Waals surface area (Å²) in [6.07, 6.45) is 1.72. The van der Waals surface area contributed by atoms with Gasteiger partial charge in [-0.05, 0) is 51.8 Å². The number of carbonyl (C=O) groups is 1. The van der Waals surface area contributed by atoms with Gasteiger partial charge in [0.25, 0.3) is 5.91 Å². The largest absolute Gasteiger partial charge is 0.492 e. The first kappa shape index (κ1) is 17.7. The van der Waals surface area contributed by atoms with Gasteiger partial charge in [-0.2, -0.15) is 4.31 Å². The van der Waals surface area contributed by atoms with Gasteiger partial charge in [-0.3, -0.25) is 4.79 Å². The molecule has 1 aromatic rings. The van der Waals surface area contributed by atoms with Crippen molar-refractivity contribution in [3.8, 4) is 5.75 Å². The molecule has 0 atom stereocenters. The van der Waals surface area contributed by atoms with E-state index in [2.05, 4.69) is 5.32 Å². The molecular formula is C16H24N2O4S. The van der Waals surface area contributed by atoms with Gasteiger partial charge in [0.15, 0.2) is 0 Å². The maximum absolute atomic E-state index is 12.8. The monoisotopic (exact) mass is 340 g/mol. The predicted octanol–water partition coefficient (Wildman–Crippen LogP) is 2.01. The molecule has 0 aliphatic carbocycles. The van der Waals surface area contributed by atoms with Crippen LogP contribution in [0.3, 0.4) is 0 Å². The Labute approximate surface area is 137 Å². The minimum absolute atomic E-state index is 0.0206. The van der Waals surface area contributed by atoms with Crippen molar-refractivity contribution in [1.82, 2.24) is 9.62 Å². The summed E-state index contributed by atoms with van der Waals surface area (Å²) in [5.41, 5.74) is 0.319. The maximum atomic E-state index is 12.8. The molecule has 0 bridgehead atoms. The number of hydrogen-bond donors (Lipinski definition) is 1. The second-order valence-electron chi connectivity index (χ2n) is 5.83. The van der Waals surface area contributed by atoms with E-state index in [1.807, 2.05) is 13.8 Å². The molecule has 1 aliphatic rings. The van der Waals surface area contributed by atoms with Crippen molar-refractivity contribution in [2.24, 2.45) is 0 Å². The SMILES string of the molecule is CCOc1ccc(C(=O)NC(C)C)cc1S(=O)(=O)N1CCCC1. The number of ether oxygens (including phenoxy) is 1. The summed E-state index contributed by atoms with van der Waals surface area (Å²) in [5, 5.41) is 2.77. The summed E-state index contributed by atoms with van der Waals surface area (Å²) >= 11 is 0. The van der Waals surface area contributed by atoms with Crippen molar-refractivity contribution in [1.29, 1.82) is 0 Å². The van der Waals surface area contributed by atoms with E-state index in [1.165, 1.54) is 10.4 Å². The number of benzene rings is 1. The topological polar surface area (TPSA) is 75.7 Å². The van der Waals surface area contributed by atoms with Crippen LogP contribution in [0, 0.1) is 0 Å². The van der Waals surface area contributed by atoms with Crippen LogP contribution in [0.25, 0.3) is 0 Å². The normalized spacial score (nSPS) is 15.8. The van der Waals surface area contributed by atoms with Crippen LogP contribution in [0.1, 0.15) is 44.0 Å². The zero-order valence-corrected chi connectivity index (χ0v) is 14.6. The zero-order chi connectivity index (χ0) is 17.0. The second-order valence-corrected chi connectivity index (χ2v) is 7.74. The van der Waals surface area contributed by atoms with Crippen LogP contribution in [-0.2, 0) is 10.0 Å². The predicted molar refractivity (Wildman–Crippen MR) is 88.2 cm³/mol. The Morgan fingerprint density at radius 1 is 1.30 bits per heavy atom. The fourth-order valence-electron chi connectivity index (χ4n) is 2.54. The molecule has 7 heteroatoms. The molecule has 0 saturated carbocycles. The van der Waals surface area contributed by atoms with Crippen LogP contribution in [-0.4, -0.2) is 44.4 Å². The van der Waals surface area contributed by atoms with Gasteiger partial charge >= 0.3 is 0 Å². The van der Waals surface area contributed by atoms with Crippen LogP contribution in [0.5, 0.6) is 5.75 Å². The van der Waals surface area contributed by atoms with Crippen LogP contribution in [0.15, 0.2) is 23.1 Å². The molecule has 1 aliphatic heterocycles. The third-order valence-electron chi connectivity index (χ3n) is 3.61. The van der Waals surface area contributed by atoms with Gasteiger partial charge in [0.05, 0.1) is 6.61 Å². The Morgan fingerprint density at radius 2 is 1.96 bits per heavy atom. The highest BCUT2D eigenvalue weighted by molar-refractivity contribution is 7.89. The summed E-state index contributed by atoms with van der Waals surface area (Å²) in [6.45, 7) is 6.89. The standard InChI is InChI=1S/C16H24N2O4S/c1-4-22-14-8-7-13(16(19)17-12(2)3)11-15(14)23(20,21)18-9-5-6-10-18/h7-8,11-12H,4-6,9-10H2,1-3H3,(H,17,19). The van der Waals surface area contributed by atoms with E-state index < -0.39 is 10.0 Å². The van der Waals surface area contributed by atoms with Crippen molar-refractivity contribution in [3.63, 3.8) is 0 Å². The van der Waals surface area contributed by atoms with Crippen molar-refractivity contribution in [3.05, 3.63) is 23.8 Å². The van der Waals surface area contributed by atoms with E-state index in [-0.39, 0.29) is 16.8 Å². The van der Waals surface area contributed by atoms with Gasteiger partial charge in [0.2, 0.25) is 10.0 Å². The van der Waals surface area contributed by atoms with Crippen LogP contribution in [0.2, 0.25) is 0 Å². The number of sulfonamides is 1. The highest BCUT2D eigenvalue weighted by Gasteiger charge is 2.30. The Balaban J connectivity index is 2.43. The Hall–Kier alpha value is -1.60. The van der Waals surface area contributed by atoms with Crippen LogP contribution >= 0.6 is 0 Å². The molecule has 0 unspecified atom stereocenters. The fraction of sp³-hybridized carbons (Fsp3) is 0.562. The van der Waals surface area contributed by atoms with Gasteiger partial charge in [-0.1, -0.05) is 0 Å². The number of amides is 1. The smallest absolute Gasteiger partial charge is 0.251 e. The quantitative estimate of drug-likeness (QED) is 0.859. The lowest BCUT2D eigenvalue weighted by Crippen LogP contribution is -2.31.